The lowest BCUT2D eigenvalue weighted by atomic mass is 10.1. The number of benzene rings is 1. The second-order valence-corrected chi connectivity index (χ2v) is 4.63. The Labute approximate surface area is 114 Å². The highest BCUT2D eigenvalue weighted by Crippen LogP contribution is 2.14. The molecule has 0 spiro atoms. The van der Waals surface area contributed by atoms with E-state index in [-0.39, 0.29) is 5.78 Å². The van der Waals surface area contributed by atoms with E-state index in [4.69, 9.17) is 16.3 Å². The van der Waals surface area contributed by atoms with Crippen molar-refractivity contribution in [3.8, 4) is 5.75 Å². The van der Waals surface area contributed by atoms with Crippen molar-refractivity contribution in [3.63, 3.8) is 0 Å². The van der Waals surface area contributed by atoms with Crippen LogP contribution in [0.2, 0.25) is 0 Å². The van der Waals surface area contributed by atoms with Gasteiger partial charge in [0.1, 0.15) is 5.75 Å². The minimum Gasteiger partial charge on any atom is -0.494 e. The van der Waals surface area contributed by atoms with Gasteiger partial charge in [0.05, 0.1) is 6.61 Å². The van der Waals surface area contributed by atoms with Crippen molar-refractivity contribution in [1.29, 1.82) is 0 Å². The molecule has 0 radical (unpaired) electrons. The molecule has 3 heteroatoms. The Balaban J connectivity index is 2.25. The number of hydrogen-bond donors (Lipinski definition) is 0. The monoisotopic (exact) mass is 268 g/mol. The van der Waals surface area contributed by atoms with Crippen LogP contribution >= 0.6 is 11.6 Å². The normalized spacial score (nSPS) is 10.3. The van der Waals surface area contributed by atoms with E-state index in [2.05, 4.69) is 0 Å². The number of carbonyl (C=O) groups is 1. The van der Waals surface area contributed by atoms with Crippen molar-refractivity contribution in [1.82, 2.24) is 0 Å². The molecular weight excluding hydrogens is 248 g/mol. The Kier molecular flexibility index (Phi) is 7.51. The average Bonchev–Trinajstić information content (AvgIpc) is 2.42. The average molecular weight is 269 g/mol. The molecule has 1 aromatic rings. The Morgan fingerprint density at radius 2 is 1.78 bits per heavy atom. The first kappa shape index (κ1) is 15.0. The van der Waals surface area contributed by atoms with Gasteiger partial charge < -0.3 is 4.74 Å². The van der Waals surface area contributed by atoms with Crippen LogP contribution in [0, 0.1) is 0 Å². The number of halogens is 1. The third-order valence-electron chi connectivity index (χ3n) is 2.79. The maximum absolute atomic E-state index is 11.4. The Morgan fingerprint density at radius 3 is 2.39 bits per heavy atom. The van der Waals surface area contributed by atoms with E-state index >= 15 is 0 Å². The van der Waals surface area contributed by atoms with E-state index in [0.717, 1.165) is 49.5 Å². The van der Waals surface area contributed by atoms with Crippen molar-refractivity contribution in [2.24, 2.45) is 0 Å². The van der Waals surface area contributed by atoms with Gasteiger partial charge >= 0.3 is 0 Å². The van der Waals surface area contributed by atoms with Crippen LogP contribution in [-0.4, -0.2) is 18.3 Å². The van der Waals surface area contributed by atoms with Crippen molar-refractivity contribution < 1.29 is 9.53 Å². The van der Waals surface area contributed by atoms with E-state index in [1.165, 1.54) is 0 Å². The van der Waals surface area contributed by atoms with Gasteiger partial charge in [-0.1, -0.05) is 19.8 Å². The zero-order valence-electron chi connectivity index (χ0n) is 11.0. The minimum absolute atomic E-state index is 0.169. The fraction of sp³-hybridized carbons (Fsp3) is 0.533. The summed E-state index contributed by atoms with van der Waals surface area (Å²) in [7, 11) is 0. The molecule has 0 saturated carbocycles. The predicted molar refractivity (Wildman–Crippen MR) is 75.7 cm³/mol. The molecule has 0 unspecified atom stereocenters. The highest BCUT2D eigenvalue weighted by Gasteiger charge is 2.02. The molecule has 0 heterocycles. The quantitative estimate of drug-likeness (QED) is 0.376. The summed E-state index contributed by atoms with van der Waals surface area (Å²) in [4.78, 5) is 11.4. The standard InChI is InChI=1S/C15H21ClO2/c1-2-15(17)13-7-9-14(10-8-13)18-12-6-4-3-5-11-16/h7-10H,2-6,11-12H2,1H3. The summed E-state index contributed by atoms with van der Waals surface area (Å²) >= 11 is 5.60. The van der Waals surface area contributed by atoms with Gasteiger partial charge in [-0.05, 0) is 37.1 Å². The Hall–Kier alpha value is -1.02. The first-order valence-electron chi connectivity index (χ1n) is 6.60. The van der Waals surface area contributed by atoms with Crippen LogP contribution in [0.3, 0.4) is 0 Å². The minimum atomic E-state index is 0.169. The molecular formula is C15H21ClO2. The van der Waals surface area contributed by atoms with Gasteiger partial charge in [0.15, 0.2) is 5.78 Å². The number of hydrogen-bond acceptors (Lipinski definition) is 2. The maximum Gasteiger partial charge on any atom is 0.162 e. The summed E-state index contributed by atoms with van der Waals surface area (Å²) < 4.78 is 5.61. The summed E-state index contributed by atoms with van der Waals surface area (Å²) in [5.74, 6) is 1.75. The molecule has 0 N–H and O–H groups in total. The first-order chi connectivity index (χ1) is 8.77. The van der Waals surface area contributed by atoms with Gasteiger partial charge in [-0.3, -0.25) is 4.79 Å². The Morgan fingerprint density at radius 1 is 1.11 bits per heavy atom. The molecule has 0 aliphatic heterocycles. The molecule has 1 rings (SSSR count). The van der Waals surface area contributed by atoms with Gasteiger partial charge in [-0.2, -0.15) is 0 Å². The SMILES string of the molecule is CCC(=O)c1ccc(OCCCCCCCl)cc1. The van der Waals surface area contributed by atoms with E-state index < -0.39 is 0 Å². The zero-order chi connectivity index (χ0) is 13.2. The zero-order valence-corrected chi connectivity index (χ0v) is 11.7. The summed E-state index contributed by atoms with van der Waals surface area (Å²) in [5.41, 5.74) is 0.756. The topological polar surface area (TPSA) is 26.3 Å². The molecule has 0 atom stereocenters. The van der Waals surface area contributed by atoms with Crippen molar-refractivity contribution >= 4 is 17.4 Å². The molecule has 0 aromatic heterocycles. The predicted octanol–water partition coefficient (Wildman–Crippen LogP) is 4.46. The third kappa shape index (κ3) is 5.54. The van der Waals surface area contributed by atoms with Crippen molar-refractivity contribution in [3.05, 3.63) is 29.8 Å². The number of carbonyl (C=O) groups excluding carboxylic acids is 1. The summed E-state index contributed by atoms with van der Waals surface area (Å²) in [6.07, 6.45) is 4.98. The molecule has 0 aliphatic rings. The summed E-state index contributed by atoms with van der Waals surface area (Å²) in [6.45, 7) is 2.59. The van der Waals surface area contributed by atoms with E-state index in [1.807, 2.05) is 31.2 Å². The van der Waals surface area contributed by atoms with Gasteiger partial charge in [0, 0.05) is 17.9 Å². The van der Waals surface area contributed by atoms with Crippen LogP contribution < -0.4 is 4.74 Å². The van der Waals surface area contributed by atoms with Crippen LogP contribution in [0.15, 0.2) is 24.3 Å². The van der Waals surface area contributed by atoms with Crippen LogP contribution in [0.25, 0.3) is 0 Å². The maximum atomic E-state index is 11.4. The fourth-order valence-corrected chi connectivity index (χ4v) is 1.87. The van der Waals surface area contributed by atoms with Gasteiger partial charge in [0.2, 0.25) is 0 Å². The number of ether oxygens (including phenoxy) is 1. The molecule has 18 heavy (non-hydrogen) atoms. The number of unbranched alkanes of at least 4 members (excludes halogenated alkanes) is 3. The third-order valence-corrected chi connectivity index (χ3v) is 3.06. The van der Waals surface area contributed by atoms with Crippen molar-refractivity contribution in [2.75, 3.05) is 12.5 Å². The molecule has 0 amide bonds. The largest absolute Gasteiger partial charge is 0.494 e. The number of ketones is 1. The Bertz CT molecular complexity index is 346. The first-order valence-corrected chi connectivity index (χ1v) is 7.13. The highest BCUT2D eigenvalue weighted by molar-refractivity contribution is 6.17. The molecule has 100 valence electrons. The molecule has 0 aliphatic carbocycles. The van der Waals surface area contributed by atoms with Crippen LogP contribution in [0.4, 0.5) is 0 Å². The van der Waals surface area contributed by atoms with Crippen LogP contribution in [0.5, 0.6) is 5.75 Å². The summed E-state index contributed by atoms with van der Waals surface area (Å²) in [6, 6.07) is 7.38. The number of rotatable bonds is 9. The highest BCUT2D eigenvalue weighted by atomic mass is 35.5. The van der Waals surface area contributed by atoms with E-state index in [1.54, 1.807) is 0 Å². The second kappa shape index (κ2) is 8.98. The molecule has 0 saturated heterocycles. The fourth-order valence-electron chi connectivity index (χ4n) is 1.68. The van der Waals surface area contributed by atoms with Gasteiger partial charge in [0.25, 0.3) is 0 Å². The number of Topliss-reactive ketones (excluding diaryl/α,β-unsaturated/α-hetero) is 1. The van der Waals surface area contributed by atoms with Crippen LogP contribution in [-0.2, 0) is 0 Å². The molecule has 2 nitrogen and oxygen atoms in total. The number of alkyl halides is 1. The molecule has 1 aromatic carbocycles. The lowest BCUT2D eigenvalue weighted by Crippen LogP contribution is -1.99. The summed E-state index contributed by atoms with van der Waals surface area (Å²) in [5, 5.41) is 0. The molecule has 0 fully saturated rings. The lowest BCUT2D eigenvalue weighted by Gasteiger charge is -2.06. The van der Waals surface area contributed by atoms with Gasteiger partial charge in [-0.25, -0.2) is 0 Å². The van der Waals surface area contributed by atoms with Gasteiger partial charge in [-0.15, -0.1) is 11.6 Å². The van der Waals surface area contributed by atoms with E-state index in [0.29, 0.717) is 6.42 Å². The van der Waals surface area contributed by atoms with E-state index in [9.17, 15) is 4.79 Å². The smallest absolute Gasteiger partial charge is 0.162 e. The van der Waals surface area contributed by atoms with Crippen molar-refractivity contribution in [2.45, 2.75) is 39.0 Å². The lowest BCUT2D eigenvalue weighted by molar-refractivity contribution is 0.0988. The molecule has 0 bridgehead atoms. The second-order valence-electron chi connectivity index (χ2n) is 4.25. The van der Waals surface area contributed by atoms with Crippen LogP contribution in [0.1, 0.15) is 49.4 Å².